The average molecular weight is 238 g/mol. The molecule has 0 fully saturated rings. The number of amidine groups is 1. The van der Waals surface area contributed by atoms with Crippen molar-refractivity contribution in [3.63, 3.8) is 0 Å². The minimum atomic E-state index is -1.29. The van der Waals surface area contributed by atoms with Crippen molar-refractivity contribution in [1.29, 1.82) is 0 Å². The van der Waals surface area contributed by atoms with Crippen LogP contribution in [0.3, 0.4) is 0 Å². The number of fused-ring (bicyclic) bond motifs is 1. The fraction of sp³-hybridized carbons (Fsp3) is 0.417. The summed E-state index contributed by atoms with van der Waals surface area (Å²) < 4.78 is 24.7. The first-order valence-corrected chi connectivity index (χ1v) is 5.57. The number of hydrogen-bond acceptors (Lipinski definition) is 4. The van der Waals surface area contributed by atoms with Crippen molar-refractivity contribution in [2.45, 2.75) is 19.8 Å². The van der Waals surface area contributed by atoms with Crippen molar-refractivity contribution in [2.75, 3.05) is 13.2 Å². The Morgan fingerprint density at radius 1 is 1.29 bits per heavy atom. The van der Waals surface area contributed by atoms with Crippen LogP contribution >= 0.6 is 0 Å². The van der Waals surface area contributed by atoms with Gasteiger partial charge in [0.15, 0.2) is 0 Å². The predicted octanol–water partition coefficient (Wildman–Crippen LogP) is 1.73. The maximum absolute atomic E-state index is 13.7. The van der Waals surface area contributed by atoms with Crippen LogP contribution in [0.15, 0.2) is 23.2 Å². The van der Waals surface area contributed by atoms with Crippen LogP contribution in [0.25, 0.3) is 0 Å². The van der Waals surface area contributed by atoms with Gasteiger partial charge in [-0.3, -0.25) is 0 Å². The number of aliphatic imine (C=N–C) groups is 1. The Morgan fingerprint density at radius 3 is 2.53 bits per heavy atom. The molecule has 1 aromatic carbocycles. The Kier molecular flexibility index (Phi) is 3.13. The molecule has 0 bridgehead atoms. The number of nitrogens with two attached hydrogens (primary N) is 1. The van der Waals surface area contributed by atoms with E-state index in [1.54, 1.807) is 12.1 Å². The van der Waals surface area contributed by atoms with E-state index in [2.05, 4.69) is 4.99 Å². The van der Waals surface area contributed by atoms with Crippen molar-refractivity contribution in [2.24, 2.45) is 10.7 Å². The summed E-state index contributed by atoms with van der Waals surface area (Å²) >= 11 is 0. The van der Waals surface area contributed by atoms with Gasteiger partial charge in [0.25, 0.3) is 0 Å². The molecule has 0 saturated carbocycles. The zero-order valence-electron chi connectivity index (χ0n) is 9.87. The van der Waals surface area contributed by atoms with Gasteiger partial charge in [0.2, 0.25) is 0 Å². The van der Waals surface area contributed by atoms with Gasteiger partial charge in [-0.05, 0) is 19.9 Å². The molecule has 4 nitrogen and oxygen atoms in total. The Labute approximate surface area is 99.2 Å². The van der Waals surface area contributed by atoms with Crippen molar-refractivity contribution in [3.8, 4) is 0 Å². The van der Waals surface area contributed by atoms with Gasteiger partial charge in [-0.25, -0.2) is 9.38 Å². The fourth-order valence-electron chi connectivity index (χ4n) is 1.98. The van der Waals surface area contributed by atoms with Gasteiger partial charge in [-0.15, -0.1) is 0 Å². The highest BCUT2D eigenvalue weighted by Gasteiger charge is 2.42. The second-order valence-electron chi connectivity index (χ2n) is 3.61. The molecule has 1 aromatic rings. The summed E-state index contributed by atoms with van der Waals surface area (Å²) in [4.78, 5) is 4.14. The molecule has 2 N–H and O–H groups in total. The molecule has 17 heavy (non-hydrogen) atoms. The Morgan fingerprint density at radius 2 is 1.94 bits per heavy atom. The number of benzene rings is 1. The number of hydrogen-bond donors (Lipinski definition) is 1. The third-order valence-corrected chi connectivity index (χ3v) is 2.56. The van der Waals surface area contributed by atoms with Crippen LogP contribution in [0.1, 0.15) is 25.0 Å². The SMILES string of the molecule is CCOC1(OCC)N=C(N)c2c(F)cccc21. The molecule has 5 heteroatoms. The molecule has 0 spiro atoms. The summed E-state index contributed by atoms with van der Waals surface area (Å²) in [5.41, 5.74) is 6.53. The van der Waals surface area contributed by atoms with Gasteiger partial charge in [-0.1, -0.05) is 12.1 Å². The highest BCUT2D eigenvalue weighted by atomic mass is 19.1. The van der Waals surface area contributed by atoms with E-state index in [4.69, 9.17) is 15.2 Å². The molecule has 1 aliphatic rings. The molecule has 0 unspecified atom stereocenters. The smallest absolute Gasteiger partial charge is 0.300 e. The van der Waals surface area contributed by atoms with E-state index >= 15 is 0 Å². The monoisotopic (exact) mass is 238 g/mol. The van der Waals surface area contributed by atoms with Crippen LogP contribution in [0.4, 0.5) is 4.39 Å². The lowest BCUT2D eigenvalue weighted by molar-refractivity contribution is -0.234. The van der Waals surface area contributed by atoms with Crippen LogP contribution in [0.2, 0.25) is 0 Å². The third kappa shape index (κ3) is 1.81. The molecule has 1 aliphatic heterocycles. The highest BCUT2D eigenvalue weighted by Crippen LogP contribution is 2.37. The summed E-state index contributed by atoms with van der Waals surface area (Å²) in [7, 11) is 0. The molecule has 1 heterocycles. The van der Waals surface area contributed by atoms with E-state index in [-0.39, 0.29) is 11.4 Å². The maximum atomic E-state index is 13.7. The van der Waals surface area contributed by atoms with Crippen molar-refractivity contribution < 1.29 is 13.9 Å². The van der Waals surface area contributed by atoms with Crippen molar-refractivity contribution in [3.05, 3.63) is 35.1 Å². The van der Waals surface area contributed by atoms with Gasteiger partial charge >= 0.3 is 5.91 Å². The summed E-state index contributed by atoms with van der Waals surface area (Å²) in [6, 6.07) is 4.65. The van der Waals surface area contributed by atoms with Gasteiger partial charge in [0.1, 0.15) is 11.7 Å². The molecule has 0 atom stereocenters. The zero-order chi connectivity index (χ0) is 12.5. The second-order valence-corrected chi connectivity index (χ2v) is 3.61. The van der Waals surface area contributed by atoms with E-state index in [1.165, 1.54) is 6.07 Å². The molecular weight excluding hydrogens is 223 g/mol. The fourth-order valence-corrected chi connectivity index (χ4v) is 1.98. The minimum Gasteiger partial charge on any atom is -0.383 e. The van der Waals surface area contributed by atoms with Gasteiger partial charge in [0, 0.05) is 18.8 Å². The van der Waals surface area contributed by atoms with E-state index in [9.17, 15) is 4.39 Å². The first-order valence-electron chi connectivity index (χ1n) is 5.57. The molecule has 0 aromatic heterocycles. The first kappa shape index (κ1) is 12.0. The molecule has 2 rings (SSSR count). The van der Waals surface area contributed by atoms with Crippen LogP contribution in [0, 0.1) is 5.82 Å². The van der Waals surface area contributed by atoms with Crippen LogP contribution < -0.4 is 5.73 Å². The summed E-state index contributed by atoms with van der Waals surface area (Å²) in [5, 5.41) is 0. The van der Waals surface area contributed by atoms with E-state index < -0.39 is 11.7 Å². The predicted molar refractivity (Wildman–Crippen MR) is 62.1 cm³/mol. The van der Waals surface area contributed by atoms with Crippen LogP contribution in [0.5, 0.6) is 0 Å². The third-order valence-electron chi connectivity index (χ3n) is 2.56. The molecule has 0 aliphatic carbocycles. The number of rotatable bonds is 4. The van der Waals surface area contributed by atoms with Crippen molar-refractivity contribution in [1.82, 2.24) is 0 Å². The Balaban J connectivity index is 2.56. The summed E-state index contributed by atoms with van der Waals surface area (Å²) in [6.07, 6.45) is 0. The molecule has 0 radical (unpaired) electrons. The topological polar surface area (TPSA) is 56.8 Å². The maximum Gasteiger partial charge on any atom is 0.300 e. The molecule has 0 amide bonds. The van der Waals surface area contributed by atoms with Crippen LogP contribution in [-0.2, 0) is 15.4 Å². The zero-order valence-corrected chi connectivity index (χ0v) is 9.87. The number of nitrogens with zero attached hydrogens (tertiary/aromatic N) is 1. The highest BCUT2D eigenvalue weighted by molar-refractivity contribution is 6.01. The first-order chi connectivity index (χ1) is 8.14. The van der Waals surface area contributed by atoms with E-state index in [1.807, 2.05) is 13.8 Å². The normalized spacial score (nSPS) is 16.8. The Hall–Kier alpha value is -1.46. The van der Waals surface area contributed by atoms with E-state index in [0.717, 1.165) is 0 Å². The molecule has 0 saturated heterocycles. The number of ether oxygens (including phenoxy) is 2. The minimum absolute atomic E-state index is 0.111. The quantitative estimate of drug-likeness (QED) is 0.813. The van der Waals surface area contributed by atoms with Gasteiger partial charge in [0.05, 0.1) is 5.56 Å². The van der Waals surface area contributed by atoms with Gasteiger partial charge in [-0.2, -0.15) is 0 Å². The van der Waals surface area contributed by atoms with Crippen LogP contribution in [-0.4, -0.2) is 19.0 Å². The average Bonchev–Trinajstić information content (AvgIpc) is 2.55. The molecule has 92 valence electrons. The summed E-state index contributed by atoms with van der Waals surface area (Å²) in [6.45, 7) is 4.44. The van der Waals surface area contributed by atoms with Gasteiger partial charge < -0.3 is 15.2 Å². The summed E-state index contributed by atoms with van der Waals surface area (Å²) in [5.74, 6) is -1.59. The lowest BCUT2D eigenvalue weighted by Gasteiger charge is -2.26. The largest absolute Gasteiger partial charge is 0.383 e. The number of halogens is 1. The lowest BCUT2D eigenvalue weighted by Crippen LogP contribution is -2.29. The van der Waals surface area contributed by atoms with E-state index in [0.29, 0.717) is 18.8 Å². The standard InChI is InChI=1S/C12H15FN2O2/c1-3-16-12(17-4-2)8-6-5-7-9(13)10(8)11(14)15-12/h5-7H,3-4H2,1-2H3,(H2,14,15). The molecular formula is C12H15FN2O2. The lowest BCUT2D eigenvalue weighted by atomic mass is 10.1. The Bertz CT molecular complexity index is 454. The second kappa shape index (κ2) is 4.43. The van der Waals surface area contributed by atoms with Crippen molar-refractivity contribution >= 4 is 5.84 Å².